The fourth-order valence-corrected chi connectivity index (χ4v) is 2.79. The molecule has 3 nitrogen and oxygen atoms in total. The van der Waals surface area contributed by atoms with Crippen LogP contribution < -0.4 is 11.1 Å². The molecule has 0 radical (unpaired) electrons. The summed E-state index contributed by atoms with van der Waals surface area (Å²) in [5, 5.41) is 3.16. The van der Waals surface area contributed by atoms with E-state index in [0.29, 0.717) is 0 Å². The molecular formula is C15H21FN2O. The molecule has 1 aromatic carbocycles. The maximum Gasteiger partial charge on any atom is 0.240 e. The third kappa shape index (κ3) is 3.94. The Morgan fingerprint density at radius 2 is 1.74 bits per heavy atom. The van der Waals surface area contributed by atoms with Crippen molar-refractivity contribution in [3.05, 3.63) is 30.1 Å². The average molecular weight is 264 g/mol. The number of benzene rings is 1. The summed E-state index contributed by atoms with van der Waals surface area (Å²) in [6, 6.07) is 5.69. The van der Waals surface area contributed by atoms with Gasteiger partial charge in [0.1, 0.15) is 11.9 Å². The second-order valence-electron chi connectivity index (χ2n) is 5.28. The SMILES string of the molecule is NC(=O)C(Nc1ccc(F)cc1)C1CCCCCC1. The fraction of sp³-hybridized carbons (Fsp3) is 0.533. The number of carbonyl (C=O) groups excluding carboxylic acids is 1. The molecule has 1 aliphatic carbocycles. The molecule has 3 N–H and O–H groups in total. The van der Waals surface area contributed by atoms with Crippen molar-refractivity contribution in [2.45, 2.75) is 44.6 Å². The van der Waals surface area contributed by atoms with Gasteiger partial charge in [-0.05, 0) is 43.0 Å². The van der Waals surface area contributed by atoms with Crippen molar-refractivity contribution >= 4 is 11.6 Å². The minimum atomic E-state index is -0.358. The predicted octanol–water partition coefficient (Wildman–Crippen LogP) is 3.06. The molecule has 0 saturated heterocycles. The third-order valence-corrected chi connectivity index (χ3v) is 3.84. The molecule has 0 bridgehead atoms. The monoisotopic (exact) mass is 264 g/mol. The van der Waals surface area contributed by atoms with Crippen LogP contribution in [0.3, 0.4) is 0 Å². The van der Waals surface area contributed by atoms with E-state index in [1.165, 1.54) is 25.0 Å². The number of primary amides is 1. The smallest absolute Gasteiger partial charge is 0.240 e. The van der Waals surface area contributed by atoms with Gasteiger partial charge >= 0.3 is 0 Å². The quantitative estimate of drug-likeness (QED) is 0.821. The first-order valence-electron chi connectivity index (χ1n) is 6.98. The number of halogens is 1. The molecule has 0 aliphatic heterocycles. The van der Waals surface area contributed by atoms with Crippen molar-refractivity contribution < 1.29 is 9.18 Å². The number of hydrogen-bond acceptors (Lipinski definition) is 2. The van der Waals surface area contributed by atoms with Crippen molar-refractivity contribution in [2.24, 2.45) is 11.7 Å². The van der Waals surface area contributed by atoms with Crippen LogP contribution in [-0.4, -0.2) is 11.9 Å². The van der Waals surface area contributed by atoms with Gasteiger partial charge in [-0.3, -0.25) is 4.79 Å². The summed E-state index contributed by atoms with van der Waals surface area (Å²) in [5.41, 5.74) is 6.27. The maximum atomic E-state index is 12.9. The van der Waals surface area contributed by atoms with Gasteiger partial charge in [-0.1, -0.05) is 25.7 Å². The van der Waals surface area contributed by atoms with E-state index in [9.17, 15) is 9.18 Å². The third-order valence-electron chi connectivity index (χ3n) is 3.84. The van der Waals surface area contributed by atoms with Gasteiger partial charge in [-0.25, -0.2) is 4.39 Å². The number of hydrogen-bond donors (Lipinski definition) is 2. The minimum absolute atomic E-state index is 0.282. The average Bonchev–Trinajstić information content (AvgIpc) is 2.66. The summed E-state index contributed by atoms with van der Waals surface area (Å²) in [6.45, 7) is 0. The van der Waals surface area contributed by atoms with Gasteiger partial charge in [0.05, 0.1) is 0 Å². The highest BCUT2D eigenvalue weighted by atomic mass is 19.1. The summed E-state index contributed by atoms with van der Waals surface area (Å²) in [6.07, 6.45) is 6.83. The molecule has 1 unspecified atom stereocenters. The topological polar surface area (TPSA) is 55.1 Å². The van der Waals surface area contributed by atoms with E-state index in [1.54, 1.807) is 12.1 Å². The van der Waals surface area contributed by atoms with E-state index in [-0.39, 0.29) is 23.7 Å². The van der Waals surface area contributed by atoms with Gasteiger partial charge < -0.3 is 11.1 Å². The highest BCUT2D eigenvalue weighted by Crippen LogP contribution is 2.27. The second kappa shape index (κ2) is 6.55. The van der Waals surface area contributed by atoms with Crippen LogP contribution in [0.15, 0.2) is 24.3 Å². The molecule has 0 aromatic heterocycles. The van der Waals surface area contributed by atoms with Crippen LogP contribution in [0, 0.1) is 11.7 Å². The Labute approximate surface area is 113 Å². The van der Waals surface area contributed by atoms with Gasteiger partial charge in [0.25, 0.3) is 0 Å². The molecular weight excluding hydrogens is 243 g/mol. The largest absolute Gasteiger partial charge is 0.373 e. The Bertz CT molecular complexity index is 411. The maximum absolute atomic E-state index is 12.9. The van der Waals surface area contributed by atoms with E-state index in [1.807, 2.05) is 0 Å². The fourth-order valence-electron chi connectivity index (χ4n) is 2.79. The minimum Gasteiger partial charge on any atom is -0.373 e. The van der Waals surface area contributed by atoms with E-state index in [4.69, 9.17) is 5.73 Å². The number of nitrogens with two attached hydrogens (primary N) is 1. The van der Waals surface area contributed by atoms with E-state index in [2.05, 4.69) is 5.32 Å². The Morgan fingerprint density at radius 1 is 1.16 bits per heavy atom. The first-order chi connectivity index (χ1) is 9.16. The molecule has 1 aromatic rings. The lowest BCUT2D eigenvalue weighted by atomic mass is 9.91. The van der Waals surface area contributed by atoms with Crippen molar-refractivity contribution in [3.63, 3.8) is 0 Å². The number of nitrogens with one attached hydrogen (secondary N) is 1. The lowest BCUT2D eigenvalue weighted by Crippen LogP contribution is -2.41. The summed E-state index contributed by atoms with van der Waals surface area (Å²) in [5.74, 6) is -0.322. The molecule has 1 atom stereocenters. The number of rotatable bonds is 4. The molecule has 0 heterocycles. The predicted molar refractivity (Wildman–Crippen MR) is 74.2 cm³/mol. The Balaban J connectivity index is 2.06. The molecule has 19 heavy (non-hydrogen) atoms. The van der Waals surface area contributed by atoms with Crippen LogP contribution >= 0.6 is 0 Å². The number of carbonyl (C=O) groups is 1. The van der Waals surface area contributed by atoms with Gasteiger partial charge in [0.2, 0.25) is 5.91 Å². The molecule has 1 aliphatic rings. The van der Waals surface area contributed by atoms with Crippen molar-refractivity contribution in [1.29, 1.82) is 0 Å². The highest BCUT2D eigenvalue weighted by molar-refractivity contribution is 5.83. The standard InChI is InChI=1S/C15H21FN2O/c16-12-7-9-13(10-8-12)18-14(15(17)19)11-5-3-1-2-4-6-11/h7-11,14,18H,1-6H2,(H2,17,19). The van der Waals surface area contributed by atoms with Crippen LogP contribution in [-0.2, 0) is 4.79 Å². The Morgan fingerprint density at radius 3 is 2.26 bits per heavy atom. The van der Waals surface area contributed by atoms with Gasteiger partial charge in [-0.15, -0.1) is 0 Å². The van der Waals surface area contributed by atoms with E-state index < -0.39 is 0 Å². The summed E-state index contributed by atoms with van der Waals surface area (Å²) >= 11 is 0. The van der Waals surface area contributed by atoms with Gasteiger partial charge in [0, 0.05) is 5.69 Å². The molecule has 4 heteroatoms. The molecule has 1 fully saturated rings. The zero-order valence-electron chi connectivity index (χ0n) is 11.1. The van der Waals surface area contributed by atoms with Crippen molar-refractivity contribution in [3.8, 4) is 0 Å². The number of anilines is 1. The lowest BCUT2D eigenvalue weighted by molar-refractivity contribution is -0.119. The van der Waals surface area contributed by atoms with Crippen LogP contribution in [0.4, 0.5) is 10.1 Å². The van der Waals surface area contributed by atoms with Gasteiger partial charge in [0.15, 0.2) is 0 Å². The van der Waals surface area contributed by atoms with Crippen LogP contribution in [0.1, 0.15) is 38.5 Å². The Hall–Kier alpha value is -1.58. The molecule has 0 spiro atoms. The lowest BCUT2D eigenvalue weighted by Gasteiger charge is -2.25. The molecule has 104 valence electrons. The van der Waals surface area contributed by atoms with Crippen LogP contribution in [0.2, 0.25) is 0 Å². The molecule has 2 rings (SSSR count). The molecule has 1 amide bonds. The van der Waals surface area contributed by atoms with Crippen LogP contribution in [0.25, 0.3) is 0 Å². The summed E-state index contributed by atoms with van der Waals surface area (Å²) in [7, 11) is 0. The van der Waals surface area contributed by atoms with Crippen molar-refractivity contribution in [2.75, 3.05) is 5.32 Å². The number of amides is 1. The van der Waals surface area contributed by atoms with Crippen molar-refractivity contribution in [1.82, 2.24) is 0 Å². The zero-order chi connectivity index (χ0) is 13.7. The van der Waals surface area contributed by atoms with Crippen LogP contribution in [0.5, 0.6) is 0 Å². The summed E-state index contributed by atoms with van der Waals surface area (Å²) in [4.78, 5) is 11.7. The highest BCUT2D eigenvalue weighted by Gasteiger charge is 2.26. The van der Waals surface area contributed by atoms with E-state index in [0.717, 1.165) is 31.4 Å². The van der Waals surface area contributed by atoms with Gasteiger partial charge in [-0.2, -0.15) is 0 Å². The first-order valence-corrected chi connectivity index (χ1v) is 6.98. The zero-order valence-corrected chi connectivity index (χ0v) is 11.1. The molecule has 1 saturated carbocycles. The normalized spacial score (nSPS) is 18.6. The Kier molecular flexibility index (Phi) is 4.77. The summed E-state index contributed by atoms with van der Waals surface area (Å²) < 4.78 is 12.9. The second-order valence-corrected chi connectivity index (χ2v) is 5.28. The van der Waals surface area contributed by atoms with E-state index >= 15 is 0 Å². The first kappa shape index (κ1) is 13.8.